The maximum atomic E-state index is 12.3. The van der Waals surface area contributed by atoms with E-state index in [1.165, 1.54) is 11.8 Å². The molecule has 4 heteroatoms. The summed E-state index contributed by atoms with van der Waals surface area (Å²) in [7, 11) is 0. The second-order valence-corrected chi connectivity index (χ2v) is 5.56. The van der Waals surface area contributed by atoms with Crippen LogP contribution in [0.1, 0.15) is 0 Å². The van der Waals surface area contributed by atoms with Crippen molar-refractivity contribution in [2.45, 2.75) is 9.92 Å². The van der Waals surface area contributed by atoms with Crippen molar-refractivity contribution in [3.8, 4) is 0 Å². The van der Waals surface area contributed by atoms with Gasteiger partial charge in [-0.2, -0.15) is 4.73 Å². The number of halogens is 1. The average Bonchev–Trinajstić information content (AvgIpc) is 2.46. The van der Waals surface area contributed by atoms with Gasteiger partial charge in [0, 0.05) is 17.0 Å². The van der Waals surface area contributed by atoms with Gasteiger partial charge >= 0.3 is 0 Å². The lowest BCUT2D eigenvalue weighted by Gasteiger charge is -2.08. The Morgan fingerprint density at radius 1 is 0.947 bits per heavy atom. The van der Waals surface area contributed by atoms with E-state index in [4.69, 9.17) is 11.6 Å². The minimum atomic E-state index is 0.579. The number of rotatable bonds is 2. The molecule has 1 heterocycles. The monoisotopic (exact) mass is 287 g/mol. The first-order chi connectivity index (χ1) is 9.25. The predicted molar refractivity (Wildman–Crippen MR) is 78.5 cm³/mol. The molecule has 0 unspecified atom stereocenters. The van der Waals surface area contributed by atoms with E-state index in [1.54, 1.807) is 12.1 Å². The molecule has 0 spiro atoms. The molecular weight excluding hydrogens is 278 g/mol. The van der Waals surface area contributed by atoms with Gasteiger partial charge in [0.15, 0.2) is 0 Å². The Hall–Kier alpha value is -1.71. The number of benzene rings is 2. The fourth-order valence-electron chi connectivity index (χ4n) is 1.90. The summed E-state index contributed by atoms with van der Waals surface area (Å²) in [6.45, 7) is 0. The van der Waals surface area contributed by atoms with Crippen molar-refractivity contribution < 1.29 is 4.73 Å². The standard InChI is InChI=1S/C15H10ClNOS/c16-13-10-15(19-11-6-2-1-3-7-11)17(18)14-9-5-4-8-12(13)14/h1-10H. The Morgan fingerprint density at radius 3 is 2.42 bits per heavy atom. The van der Waals surface area contributed by atoms with Gasteiger partial charge < -0.3 is 5.21 Å². The smallest absolute Gasteiger partial charge is 0.258 e. The van der Waals surface area contributed by atoms with Gasteiger partial charge in [-0.15, -0.1) is 0 Å². The highest BCUT2D eigenvalue weighted by Gasteiger charge is 2.15. The van der Waals surface area contributed by atoms with E-state index in [0.29, 0.717) is 15.6 Å². The zero-order valence-corrected chi connectivity index (χ0v) is 11.5. The highest BCUT2D eigenvalue weighted by Crippen LogP contribution is 2.30. The molecule has 94 valence electrons. The molecule has 0 saturated heterocycles. The first kappa shape index (κ1) is 12.3. The van der Waals surface area contributed by atoms with Crippen LogP contribution < -0.4 is 4.73 Å². The van der Waals surface area contributed by atoms with Gasteiger partial charge in [-0.3, -0.25) is 0 Å². The number of hydrogen-bond donors (Lipinski definition) is 0. The van der Waals surface area contributed by atoms with Gasteiger partial charge in [-0.05, 0) is 30.0 Å². The number of fused-ring (bicyclic) bond motifs is 1. The van der Waals surface area contributed by atoms with Crippen molar-refractivity contribution in [2.75, 3.05) is 0 Å². The van der Waals surface area contributed by atoms with Crippen LogP contribution in [-0.4, -0.2) is 0 Å². The fraction of sp³-hybridized carbons (Fsp3) is 0. The summed E-state index contributed by atoms with van der Waals surface area (Å²) in [6.07, 6.45) is 0. The van der Waals surface area contributed by atoms with E-state index in [1.807, 2.05) is 48.5 Å². The van der Waals surface area contributed by atoms with E-state index >= 15 is 0 Å². The molecule has 0 aliphatic heterocycles. The summed E-state index contributed by atoms with van der Waals surface area (Å²) in [5.74, 6) is 0. The molecular formula is C15H10ClNOS. The highest BCUT2D eigenvalue weighted by molar-refractivity contribution is 7.99. The zero-order chi connectivity index (χ0) is 13.2. The molecule has 0 atom stereocenters. The van der Waals surface area contributed by atoms with E-state index < -0.39 is 0 Å². The Kier molecular flexibility index (Phi) is 3.32. The number of nitrogens with zero attached hydrogens (tertiary/aromatic N) is 1. The van der Waals surface area contributed by atoms with Gasteiger partial charge in [0.1, 0.15) is 0 Å². The lowest BCUT2D eigenvalue weighted by atomic mass is 10.2. The fourth-order valence-corrected chi connectivity index (χ4v) is 3.12. The molecule has 3 aromatic rings. The Bertz CT molecular complexity index is 731. The van der Waals surface area contributed by atoms with Crippen molar-refractivity contribution in [1.29, 1.82) is 0 Å². The van der Waals surface area contributed by atoms with Crippen LogP contribution in [0, 0.1) is 5.21 Å². The molecule has 1 aromatic heterocycles. The minimum Gasteiger partial charge on any atom is -0.617 e. The quantitative estimate of drug-likeness (QED) is 0.520. The Morgan fingerprint density at radius 2 is 1.63 bits per heavy atom. The summed E-state index contributed by atoms with van der Waals surface area (Å²) in [5.41, 5.74) is 0.591. The topological polar surface area (TPSA) is 26.9 Å². The largest absolute Gasteiger partial charge is 0.617 e. The molecule has 0 aliphatic carbocycles. The number of pyridine rings is 1. The highest BCUT2D eigenvalue weighted by atomic mass is 35.5. The second kappa shape index (κ2) is 5.11. The molecule has 0 bridgehead atoms. The SMILES string of the molecule is [O-][n+]1c(Sc2ccccc2)cc(Cl)c2ccccc21. The molecule has 0 amide bonds. The number of aromatic nitrogens is 1. The van der Waals surface area contributed by atoms with Crippen LogP contribution in [0.4, 0.5) is 0 Å². The summed E-state index contributed by atoms with van der Waals surface area (Å²) in [4.78, 5) is 1.01. The second-order valence-electron chi connectivity index (χ2n) is 4.06. The minimum absolute atomic E-state index is 0.579. The summed E-state index contributed by atoms with van der Waals surface area (Å²) >= 11 is 7.64. The third-order valence-electron chi connectivity index (χ3n) is 2.80. The maximum absolute atomic E-state index is 12.3. The van der Waals surface area contributed by atoms with Crippen LogP contribution in [0.2, 0.25) is 5.02 Å². The van der Waals surface area contributed by atoms with E-state index in [0.717, 1.165) is 15.0 Å². The summed E-state index contributed by atoms with van der Waals surface area (Å²) in [6, 6.07) is 18.8. The predicted octanol–water partition coefficient (Wildman–Crippen LogP) is 4.28. The van der Waals surface area contributed by atoms with Crippen molar-refractivity contribution in [3.63, 3.8) is 0 Å². The van der Waals surface area contributed by atoms with Crippen LogP contribution in [0.15, 0.2) is 70.6 Å². The third kappa shape index (κ3) is 2.39. The van der Waals surface area contributed by atoms with E-state index in [9.17, 15) is 5.21 Å². The molecule has 0 saturated carbocycles. The van der Waals surface area contributed by atoms with Crippen molar-refractivity contribution >= 4 is 34.3 Å². The van der Waals surface area contributed by atoms with Crippen molar-refractivity contribution in [3.05, 3.63) is 70.9 Å². The summed E-state index contributed by atoms with van der Waals surface area (Å²) < 4.78 is 0.929. The van der Waals surface area contributed by atoms with Crippen LogP contribution in [0.3, 0.4) is 0 Å². The zero-order valence-electron chi connectivity index (χ0n) is 9.92. The first-order valence-electron chi connectivity index (χ1n) is 5.79. The molecule has 19 heavy (non-hydrogen) atoms. The molecule has 2 nitrogen and oxygen atoms in total. The van der Waals surface area contributed by atoms with Gasteiger partial charge in [-0.1, -0.05) is 41.9 Å². The first-order valence-corrected chi connectivity index (χ1v) is 6.99. The van der Waals surface area contributed by atoms with Crippen molar-refractivity contribution in [1.82, 2.24) is 0 Å². The van der Waals surface area contributed by atoms with Gasteiger partial charge in [0.25, 0.3) is 5.03 Å². The Labute approximate surface area is 120 Å². The molecule has 0 aliphatic rings. The van der Waals surface area contributed by atoms with Gasteiger partial charge in [0.2, 0.25) is 5.52 Å². The van der Waals surface area contributed by atoms with Crippen molar-refractivity contribution in [2.24, 2.45) is 0 Å². The molecule has 3 rings (SSSR count). The lowest BCUT2D eigenvalue weighted by Crippen LogP contribution is -2.29. The molecule has 2 aromatic carbocycles. The number of para-hydroxylation sites is 1. The van der Waals surface area contributed by atoms with Gasteiger partial charge in [0.05, 0.1) is 10.4 Å². The normalized spacial score (nSPS) is 10.8. The Balaban J connectivity index is 2.12. The lowest BCUT2D eigenvalue weighted by molar-refractivity contribution is -0.618. The van der Waals surface area contributed by atoms with Crippen LogP contribution in [-0.2, 0) is 0 Å². The molecule has 0 N–H and O–H groups in total. The average molecular weight is 288 g/mol. The third-order valence-corrected chi connectivity index (χ3v) is 4.11. The van der Waals surface area contributed by atoms with Gasteiger partial charge in [-0.25, -0.2) is 0 Å². The van der Waals surface area contributed by atoms with E-state index in [-0.39, 0.29) is 0 Å². The van der Waals surface area contributed by atoms with Crippen LogP contribution in [0.5, 0.6) is 0 Å². The summed E-state index contributed by atoms with van der Waals surface area (Å²) in [5, 5.41) is 14.3. The maximum Gasteiger partial charge on any atom is 0.258 e. The molecule has 0 radical (unpaired) electrons. The number of hydrogen-bond acceptors (Lipinski definition) is 2. The molecule has 0 fully saturated rings. The van der Waals surface area contributed by atoms with Crippen LogP contribution in [0.25, 0.3) is 10.9 Å². The van der Waals surface area contributed by atoms with E-state index in [2.05, 4.69) is 0 Å². The van der Waals surface area contributed by atoms with Crippen LogP contribution >= 0.6 is 23.4 Å².